The van der Waals surface area contributed by atoms with Crippen LogP contribution in [-0.2, 0) is 6.61 Å². The molecule has 1 saturated heterocycles. The first-order valence-corrected chi connectivity index (χ1v) is 8.92. The molecule has 138 valence electrons. The van der Waals surface area contributed by atoms with Gasteiger partial charge in [-0.1, -0.05) is 42.5 Å². The van der Waals surface area contributed by atoms with Crippen LogP contribution in [0.25, 0.3) is 0 Å². The first-order valence-electron chi connectivity index (χ1n) is 8.92. The van der Waals surface area contributed by atoms with Gasteiger partial charge in [-0.3, -0.25) is 9.89 Å². The quantitative estimate of drug-likeness (QED) is 0.727. The van der Waals surface area contributed by atoms with Gasteiger partial charge >= 0.3 is 0 Å². The summed E-state index contributed by atoms with van der Waals surface area (Å²) in [5.74, 6) is 1.25. The third kappa shape index (κ3) is 3.51. The maximum Gasteiger partial charge on any atom is 0.274 e. The molecular weight excluding hydrogens is 342 g/mol. The van der Waals surface area contributed by atoms with Crippen LogP contribution >= 0.6 is 0 Å². The normalized spacial score (nSPS) is 15.9. The topological polar surface area (TPSA) is 67.5 Å². The van der Waals surface area contributed by atoms with Gasteiger partial charge in [0.25, 0.3) is 5.91 Å². The molecule has 1 atom stereocenters. The van der Waals surface area contributed by atoms with Gasteiger partial charge in [-0.2, -0.15) is 5.10 Å². The van der Waals surface area contributed by atoms with Crippen LogP contribution in [0.15, 0.2) is 60.7 Å². The van der Waals surface area contributed by atoms with Gasteiger partial charge in [-0.15, -0.1) is 0 Å². The first kappa shape index (κ1) is 17.1. The third-order valence-corrected chi connectivity index (χ3v) is 4.77. The molecule has 1 aliphatic rings. The summed E-state index contributed by atoms with van der Waals surface area (Å²) in [6, 6.07) is 19.4. The van der Waals surface area contributed by atoms with Crippen molar-refractivity contribution >= 4 is 5.91 Å². The molecule has 0 radical (unpaired) electrons. The Morgan fingerprint density at radius 1 is 1.15 bits per heavy atom. The average molecular weight is 363 g/mol. The van der Waals surface area contributed by atoms with Crippen molar-refractivity contribution in [2.75, 3.05) is 13.7 Å². The minimum absolute atomic E-state index is 0.0603. The molecule has 1 aliphatic heterocycles. The molecule has 27 heavy (non-hydrogen) atoms. The molecule has 0 bridgehead atoms. The molecule has 6 nitrogen and oxygen atoms in total. The Morgan fingerprint density at radius 2 is 1.89 bits per heavy atom. The van der Waals surface area contributed by atoms with Gasteiger partial charge in [0.1, 0.15) is 6.61 Å². The smallest absolute Gasteiger partial charge is 0.274 e. The summed E-state index contributed by atoms with van der Waals surface area (Å²) in [4.78, 5) is 14.6. The first-order chi connectivity index (χ1) is 13.3. The molecule has 0 aliphatic carbocycles. The summed E-state index contributed by atoms with van der Waals surface area (Å²) in [7, 11) is 1.60. The number of likely N-dealkylation sites (tertiary alicyclic amines) is 1. The molecule has 6 heteroatoms. The van der Waals surface area contributed by atoms with Crippen LogP contribution in [0.5, 0.6) is 11.5 Å². The Kier molecular flexibility index (Phi) is 4.78. The van der Waals surface area contributed by atoms with Crippen molar-refractivity contribution in [1.29, 1.82) is 0 Å². The Balaban J connectivity index is 1.41. The van der Waals surface area contributed by atoms with E-state index >= 15 is 0 Å². The number of amides is 1. The minimum atomic E-state index is -0.0603. The molecule has 1 unspecified atom stereocenters. The number of carbonyl (C=O) groups is 1. The fraction of sp³-hybridized carbons (Fsp3) is 0.238. The van der Waals surface area contributed by atoms with E-state index in [1.165, 1.54) is 0 Å². The summed E-state index contributed by atoms with van der Waals surface area (Å²) >= 11 is 0. The second-order valence-corrected chi connectivity index (χ2v) is 6.43. The van der Waals surface area contributed by atoms with Gasteiger partial charge in [0.2, 0.25) is 0 Å². The highest BCUT2D eigenvalue weighted by atomic mass is 16.5. The largest absolute Gasteiger partial charge is 0.493 e. The van der Waals surface area contributed by atoms with E-state index in [-0.39, 0.29) is 18.6 Å². The molecule has 2 aromatic carbocycles. The number of aromatic nitrogens is 2. The number of methoxy groups -OCH3 is 1. The highest BCUT2D eigenvalue weighted by Crippen LogP contribution is 2.34. The second kappa shape index (κ2) is 7.53. The highest BCUT2D eigenvalue weighted by Gasteiger charge is 2.34. The predicted molar refractivity (Wildman–Crippen MR) is 101 cm³/mol. The summed E-state index contributed by atoms with van der Waals surface area (Å²) in [6.07, 6.45) is 0.976. The van der Waals surface area contributed by atoms with E-state index in [0.717, 1.165) is 24.2 Å². The zero-order valence-electron chi connectivity index (χ0n) is 15.1. The van der Waals surface area contributed by atoms with Crippen LogP contribution in [0.2, 0.25) is 0 Å². The van der Waals surface area contributed by atoms with E-state index in [0.29, 0.717) is 17.2 Å². The van der Waals surface area contributed by atoms with Gasteiger partial charge in [-0.05, 0) is 30.2 Å². The highest BCUT2D eigenvalue weighted by molar-refractivity contribution is 5.93. The van der Waals surface area contributed by atoms with Crippen molar-refractivity contribution in [3.63, 3.8) is 0 Å². The summed E-state index contributed by atoms with van der Waals surface area (Å²) < 4.78 is 11.1. The molecule has 2 heterocycles. The van der Waals surface area contributed by atoms with Crippen molar-refractivity contribution in [1.82, 2.24) is 15.1 Å². The number of ether oxygens (including phenoxy) is 2. The number of aromatic amines is 1. The van der Waals surface area contributed by atoms with E-state index in [2.05, 4.69) is 22.3 Å². The number of nitrogens with one attached hydrogen (secondary N) is 1. The average Bonchev–Trinajstić information content (AvgIpc) is 3.16. The zero-order valence-corrected chi connectivity index (χ0v) is 15.1. The van der Waals surface area contributed by atoms with E-state index in [9.17, 15) is 4.79 Å². The zero-order chi connectivity index (χ0) is 18.6. The standard InChI is InChI=1S/C21H21N3O3/c1-26-19-9-5-6-10-20(19)27-14-16-13-17(23-22-16)21(25)24-12-11-18(24)15-7-3-2-4-8-15/h2-10,13,18H,11-12,14H2,1H3,(H,22,23). The molecule has 1 N–H and O–H groups in total. The fourth-order valence-electron chi connectivity index (χ4n) is 3.24. The third-order valence-electron chi connectivity index (χ3n) is 4.77. The molecule has 3 aromatic rings. The van der Waals surface area contributed by atoms with Crippen molar-refractivity contribution in [2.45, 2.75) is 19.1 Å². The maximum absolute atomic E-state index is 12.8. The number of hydrogen-bond acceptors (Lipinski definition) is 4. The van der Waals surface area contributed by atoms with E-state index < -0.39 is 0 Å². The molecule has 1 aromatic heterocycles. The van der Waals surface area contributed by atoms with Crippen molar-refractivity contribution in [2.24, 2.45) is 0 Å². The predicted octanol–water partition coefficient (Wildman–Crippen LogP) is 3.58. The van der Waals surface area contributed by atoms with Crippen molar-refractivity contribution in [3.05, 3.63) is 77.6 Å². The minimum Gasteiger partial charge on any atom is -0.493 e. The van der Waals surface area contributed by atoms with Crippen LogP contribution in [0.4, 0.5) is 0 Å². The van der Waals surface area contributed by atoms with Gasteiger partial charge in [0.05, 0.1) is 18.8 Å². The number of H-pyrrole nitrogens is 1. The molecule has 0 spiro atoms. The lowest BCUT2D eigenvalue weighted by Gasteiger charge is -2.40. The summed E-state index contributed by atoms with van der Waals surface area (Å²) in [5, 5.41) is 7.06. The molecule has 4 rings (SSSR count). The molecular formula is C21H21N3O3. The number of rotatable bonds is 6. The molecule has 1 amide bonds. The van der Waals surface area contributed by atoms with Crippen molar-refractivity contribution in [3.8, 4) is 11.5 Å². The SMILES string of the molecule is COc1ccccc1OCc1cc(C(=O)N2CCC2c2ccccc2)n[nH]1. The van der Waals surface area contributed by atoms with Gasteiger partial charge < -0.3 is 14.4 Å². The number of benzene rings is 2. The lowest BCUT2D eigenvalue weighted by atomic mass is 9.94. The number of hydrogen-bond donors (Lipinski definition) is 1. The van der Waals surface area contributed by atoms with Crippen LogP contribution in [0, 0.1) is 0 Å². The van der Waals surface area contributed by atoms with E-state index in [1.807, 2.05) is 47.4 Å². The lowest BCUT2D eigenvalue weighted by molar-refractivity contribution is 0.0454. The number of para-hydroxylation sites is 2. The van der Waals surface area contributed by atoms with Crippen LogP contribution in [-0.4, -0.2) is 34.7 Å². The molecule has 0 saturated carbocycles. The van der Waals surface area contributed by atoms with Gasteiger partial charge in [0.15, 0.2) is 17.2 Å². The van der Waals surface area contributed by atoms with Gasteiger partial charge in [-0.25, -0.2) is 0 Å². The summed E-state index contributed by atoms with van der Waals surface area (Å²) in [5.41, 5.74) is 2.31. The summed E-state index contributed by atoms with van der Waals surface area (Å²) in [6.45, 7) is 1.03. The van der Waals surface area contributed by atoms with E-state index in [4.69, 9.17) is 9.47 Å². The maximum atomic E-state index is 12.8. The number of nitrogens with zero attached hydrogens (tertiary/aromatic N) is 2. The Hall–Kier alpha value is -3.28. The van der Waals surface area contributed by atoms with Crippen molar-refractivity contribution < 1.29 is 14.3 Å². The second-order valence-electron chi connectivity index (χ2n) is 6.43. The number of carbonyl (C=O) groups excluding carboxylic acids is 1. The van der Waals surface area contributed by atoms with Crippen LogP contribution < -0.4 is 9.47 Å². The molecule has 1 fully saturated rings. The fourth-order valence-corrected chi connectivity index (χ4v) is 3.24. The Bertz CT molecular complexity index is 923. The Labute approximate surface area is 157 Å². The van der Waals surface area contributed by atoms with E-state index in [1.54, 1.807) is 13.2 Å². The lowest BCUT2D eigenvalue weighted by Crippen LogP contribution is -2.45. The van der Waals surface area contributed by atoms with Crippen LogP contribution in [0.1, 0.15) is 34.2 Å². The Morgan fingerprint density at radius 3 is 2.59 bits per heavy atom. The monoisotopic (exact) mass is 363 g/mol. The van der Waals surface area contributed by atoms with Crippen LogP contribution in [0.3, 0.4) is 0 Å². The van der Waals surface area contributed by atoms with Gasteiger partial charge in [0, 0.05) is 6.54 Å².